The molecule has 6 nitrogen and oxygen atoms in total. The van der Waals surface area contributed by atoms with Gasteiger partial charge in [0, 0.05) is 24.5 Å². The van der Waals surface area contributed by atoms with Crippen LogP contribution in [0, 0.1) is 0 Å². The fourth-order valence-electron chi connectivity index (χ4n) is 3.92. The molecule has 0 aliphatic heterocycles. The van der Waals surface area contributed by atoms with Crippen LogP contribution in [0.3, 0.4) is 0 Å². The van der Waals surface area contributed by atoms with E-state index in [-0.39, 0.29) is 17.2 Å². The molecular weight excluding hydrogens is 448 g/mol. The summed E-state index contributed by atoms with van der Waals surface area (Å²) in [6.07, 6.45) is -0.0574. The van der Waals surface area contributed by atoms with Gasteiger partial charge in [-0.3, -0.25) is 4.79 Å². The van der Waals surface area contributed by atoms with E-state index in [9.17, 15) is 13.2 Å². The van der Waals surface area contributed by atoms with E-state index in [0.717, 1.165) is 10.8 Å². The van der Waals surface area contributed by atoms with Gasteiger partial charge >= 0.3 is 0 Å². The van der Waals surface area contributed by atoms with Crippen LogP contribution in [0.25, 0.3) is 10.8 Å². The Morgan fingerprint density at radius 2 is 1.53 bits per heavy atom. The van der Waals surface area contributed by atoms with Gasteiger partial charge in [-0.1, -0.05) is 66.7 Å². The second-order valence-electron chi connectivity index (χ2n) is 7.90. The molecular formula is C27H26N2O4S. The van der Waals surface area contributed by atoms with Gasteiger partial charge in [-0.2, -0.15) is 4.31 Å². The van der Waals surface area contributed by atoms with E-state index in [2.05, 4.69) is 5.32 Å². The van der Waals surface area contributed by atoms with Crippen molar-refractivity contribution in [2.45, 2.75) is 17.4 Å². The molecule has 7 heteroatoms. The van der Waals surface area contributed by atoms with E-state index in [0.29, 0.717) is 17.0 Å². The van der Waals surface area contributed by atoms with Crippen LogP contribution < -0.4 is 10.1 Å². The van der Waals surface area contributed by atoms with E-state index in [4.69, 9.17) is 4.74 Å². The highest BCUT2D eigenvalue weighted by atomic mass is 32.2. The number of rotatable bonds is 8. The zero-order chi connectivity index (χ0) is 24.1. The van der Waals surface area contributed by atoms with E-state index in [1.807, 2.05) is 42.5 Å². The average Bonchev–Trinajstić information content (AvgIpc) is 2.87. The average molecular weight is 475 g/mol. The molecule has 0 radical (unpaired) electrons. The maximum atomic E-state index is 13.4. The summed E-state index contributed by atoms with van der Waals surface area (Å²) in [4.78, 5) is 13.3. The van der Waals surface area contributed by atoms with Crippen LogP contribution in [0.4, 0.5) is 5.69 Å². The van der Waals surface area contributed by atoms with Crippen molar-refractivity contribution in [2.24, 2.45) is 0 Å². The molecule has 174 valence electrons. The summed E-state index contributed by atoms with van der Waals surface area (Å²) >= 11 is 0. The monoisotopic (exact) mass is 474 g/mol. The van der Waals surface area contributed by atoms with Gasteiger partial charge in [0.1, 0.15) is 5.75 Å². The third kappa shape index (κ3) is 4.95. The highest BCUT2D eigenvalue weighted by Gasteiger charge is 2.31. The maximum Gasteiger partial charge on any atom is 0.243 e. The molecule has 1 N–H and O–H groups in total. The van der Waals surface area contributed by atoms with Crippen LogP contribution in [-0.4, -0.2) is 32.8 Å². The molecule has 0 aliphatic rings. The second kappa shape index (κ2) is 10.1. The smallest absolute Gasteiger partial charge is 0.243 e. The van der Waals surface area contributed by atoms with E-state index in [1.54, 1.807) is 61.7 Å². The molecule has 0 aromatic heterocycles. The number of anilines is 1. The van der Waals surface area contributed by atoms with Crippen molar-refractivity contribution in [1.29, 1.82) is 0 Å². The maximum absolute atomic E-state index is 13.4. The molecule has 1 amide bonds. The number of carbonyl (C=O) groups is 1. The molecule has 0 saturated heterocycles. The van der Waals surface area contributed by atoms with Gasteiger partial charge < -0.3 is 10.1 Å². The SMILES string of the molecule is COc1ccc([C@H](CC(=O)Nc2cccc3ccccc23)N(C)S(=O)(=O)c2ccccc2)cc1. The van der Waals surface area contributed by atoms with Crippen LogP contribution >= 0.6 is 0 Å². The van der Waals surface area contributed by atoms with Gasteiger partial charge in [0.2, 0.25) is 15.9 Å². The third-order valence-electron chi connectivity index (χ3n) is 5.80. The molecule has 4 rings (SSSR count). The van der Waals surface area contributed by atoms with E-state index in [1.165, 1.54) is 11.4 Å². The number of hydrogen-bond acceptors (Lipinski definition) is 4. The summed E-state index contributed by atoms with van der Waals surface area (Å²) in [7, 11) is -0.765. The van der Waals surface area contributed by atoms with Gasteiger partial charge in [-0.25, -0.2) is 8.42 Å². The number of carbonyl (C=O) groups excluding carboxylic acids is 1. The minimum absolute atomic E-state index is 0.0574. The summed E-state index contributed by atoms with van der Waals surface area (Å²) in [6.45, 7) is 0. The summed E-state index contributed by atoms with van der Waals surface area (Å²) in [6, 6.07) is 28.1. The highest BCUT2D eigenvalue weighted by molar-refractivity contribution is 7.89. The zero-order valence-electron chi connectivity index (χ0n) is 19.0. The lowest BCUT2D eigenvalue weighted by atomic mass is 10.0. The predicted molar refractivity (Wildman–Crippen MR) is 134 cm³/mol. The lowest BCUT2D eigenvalue weighted by molar-refractivity contribution is -0.117. The minimum atomic E-state index is -3.83. The topological polar surface area (TPSA) is 75.7 Å². The van der Waals surface area contributed by atoms with Crippen LogP contribution in [-0.2, 0) is 14.8 Å². The first-order valence-corrected chi connectivity index (χ1v) is 12.3. The highest BCUT2D eigenvalue weighted by Crippen LogP contribution is 2.31. The number of nitrogens with one attached hydrogen (secondary N) is 1. The molecule has 0 saturated carbocycles. The fourth-order valence-corrected chi connectivity index (χ4v) is 5.28. The van der Waals surface area contributed by atoms with Gasteiger partial charge in [-0.05, 0) is 41.3 Å². The van der Waals surface area contributed by atoms with Gasteiger partial charge in [-0.15, -0.1) is 0 Å². The standard InChI is InChI=1S/C27H26N2O4S/c1-29(34(31,32)23-11-4-3-5-12-23)26(21-15-17-22(33-2)18-16-21)19-27(30)28-25-14-8-10-20-9-6-7-13-24(20)25/h3-18,26H,19H2,1-2H3,(H,28,30)/t26-/m0/s1. The molecule has 0 unspecified atom stereocenters. The molecule has 34 heavy (non-hydrogen) atoms. The summed E-state index contributed by atoms with van der Waals surface area (Å²) < 4.78 is 33.2. The Kier molecular flexibility index (Phi) is 6.95. The Morgan fingerprint density at radius 1 is 0.882 bits per heavy atom. The third-order valence-corrected chi connectivity index (χ3v) is 7.68. The van der Waals surface area contributed by atoms with Crippen LogP contribution in [0.15, 0.2) is 102 Å². The number of benzene rings is 4. The van der Waals surface area contributed by atoms with Crippen molar-refractivity contribution in [1.82, 2.24) is 4.31 Å². The fraction of sp³-hybridized carbons (Fsp3) is 0.148. The number of hydrogen-bond donors (Lipinski definition) is 1. The largest absolute Gasteiger partial charge is 0.497 e. The number of amides is 1. The minimum Gasteiger partial charge on any atom is -0.497 e. The van der Waals surface area contributed by atoms with Gasteiger partial charge in [0.15, 0.2) is 0 Å². The molecule has 0 bridgehead atoms. The van der Waals surface area contributed by atoms with Crippen LogP contribution in [0.2, 0.25) is 0 Å². The second-order valence-corrected chi connectivity index (χ2v) is 9.90. The normalized spacial score (nSPS) is 12.4. The Hall–Kier alpha value is -3.68. The van der Waals surface area contributed by atoms with Gasteiger partial charge in [0.05, 0.1) is 18.0 Å². The molecule has 0 spiro atoms. The van der Waals surface area contributed by atoms with Crippen molar-refractivity contribution in [2.75, 3.05) is 19.5 Å². The molecule has 4 aromatic rings. The number of sulfonamides is 1. The van der Waals surface area contributed by atoms with Crippen molar-refractivity contribution >= 4 is 32.4 Å². The Labute approximate surface area is 199 Å². The Balaban J connectivity index is 1.65. The summed E-state index contributed by atoms with van der Waals surface area (Å²) in [5, 5.41) is 4.90. The molecule has 4 aromatic carbocycles. The van der Waals surface area contributed by atoms with Crippen LogP contribution in [0.5, 0.6) is 5.75 Å². The summed E-state index contributed by atoms with van der Waals surface area (Å²) in [5.74, 6) is 0.364. The molecule has 0 heterocycles. The molecule has 0 fully saturated rings. The predicted octanol–water partition coefficient (Wildman–Crippen LogP) is 5.24. The lowest BCUT2D eigenvalue weighted by Crippen LogP contribution is -2.33. The zero-order valence-corrected chi connectivity index (χ0v) is 19.8. The molecule has 1 atom stereocenters. The Bertz CT molecular complexity index is 1380. The first-order chi connectivity index (χ1) is 16.4. The van der Waals surface area contributed by atoms with Crippen molar-refractivity contribution < 1.29 is 17.9 Å². The lowest BCUT2D eigenvalue weighted by Gasteiger charge is -2.28. The quantitative estimate of drug-likeness (QED) is 0.379. The first-order valence-electron chi connectivity index (χ1n) is 10.8. The number of nitrogens with zero attached hydrogens (tertiary/aromatic N) is 1. The van der Waals surface area contributed by atoms with Crippen molar-refractivity contribution in [3.8, 4) is 5.75 Å². The van der Waals surface area contributed by atoms with Gasteiger partial charge in [0.25, 0.3) is 0 Å². The number of ether oxygens (including phenoxy) is 1. The Morgan fingerprint density at radius 3 is 2.24 bits per heavy atom. The molecule has 0 aliphatic carbocycles. The summed E-state index contributed by atoms with van der Waals surface area (Å²) in [5.41, 5.74) is 1.38. The number of methoxy groups -OCH3 is 1. The van der Waals surface area contributed by atoms with Crippen molar-refractivity contribution in [3.63, 3.8) is 0 Å². The number of fused-ring (bicyclic) bond motifs is 1. The van der Waals surface area contributed by atoms with E-state index >= 15 is 0 Å². The van der Waals surface area contributed by atoms with Crippen molar-refractivity contribution in [3.05, 3.63) is 103 Å². The first kappa shape index (κ1) is 23.5. The van der Waals surface area contributed by atoms with Crippen LogP contribution in [0.1, 0.15) is 18.0 Å². The van der Waals surface area contributed by atoms with E-state index < -0.39 is 16.1 Å².